The van der Waals surface area contributed by atoms with E-state index in [1.54, 1.807) is 0 Å². The molecule has 0 aromatic carbocycles. The maximum absolute atomic E-state index is 3.60. The van der Waals surface area contributed by atoms with Crippen LogP contribution in [0.4, 0.5) is 0 Å². The lowest BCUT2D eigenvalue weighted by molar-refractivity contribution is 0.289. The van der Waals surface area contributed by atoms with Gasteiger partial charge in [-0.25, -0.2) is 0 Å². The molecule has 0 spiro atoms. The van der Waals surface area contributed by atoms with Crippen molar-refractivity contribution in [3.8, 4) is 0 Å². The van der Waals surface area contributed by atoms with Gasteiger partial charge in [0.15, 0.2) is 0 Å². The Balaban J connectivity index is 3.35. The summed E-state index contributed by atoms with van der Waals surface area (Å²) < 4.78 is 0. The van der Waals surface area contributed by atoms with Crippen LogP contribution >= 0.6 is 0 Å². The van der Waals surface area contributed by atoms with Gasteiger partial charge in [0.05, 0.1) is 0 Å². The van der Waals surface area contributed by atoms with Gasteiger partial charge in [-0.3, -0.25) is 0 Å². The van der Waals surface area contributed by atoms with Crippen molar-refractivity contribution in [2.45, 2.75) is 59.4 Å². The zero-order chi connectivity index (χ0) is 12.4. The molecule has 0 saturated heterocycles. The quantitative estimate of drug-likeness (QED) is 0.578. The van der Waals surface area contributed by atoms with Gasteiger partial charge in [-0.2, -0.15) is 0 Å². The number of unbranched alkanes of at least 4 members (excludes halogenated alkanes) is 2. The van der Waals surface area contributed by atoms with Crippen molar-refractivity contribution in [2.24, 2.45) is 5.92 Å². The lowest BCUT2D eigenvalue weighted by Crippen LogP contribution is -2.35. The van der Waals surface area contributed by atoms with Crippen molar-refractivity contribution in [1.29, 1.82) is 0 Å². The summed E-state index contributed by atoms with van der Waals surface area (Å²) in [4.78, 5) is 2.41. The molecular formula is C14H32N2. The standard InChI is InChI=1S/C14H32N2/c1-6-7-8-9-14(4)15-10-11-16(5)12-13(2)3/h13-15H,6-12H2,1-5H3. The molecule has 98 valence electrons. The van der Waals surface area contributed by atoms with E-state index < -0.39 is 0 Å². The summed E-state index contributed by atoms with van der Waals surface area (Å²) >= 11 is 0. The fourth-order valence-corrected chi connectivity index (χ4v) is 2.02. The Labute approximate surface area is 103 Å². The summed E-state index contributed by atoms with van der Waals surface area (Å²) in [7, 11) is 2.21. The fourth-order valence-electron chi connectivity index (χ4n) is 2.02. The summed E-state index contributed by atoms with van der Waals surface area (Å²) in [5.41, 5.74) is 0. The van der Waals surface area contributed by atoms with E-state index in [0.29, 0.717) is 6.04 Å². The second kappa shape index (κ2) is 10.1. The van der Waals surface area contributed by atoms with Crippen molar-refractivity contribution in [3.05, 3.63) is 0 Å². The summed E-state index contributed by atoms with van der Waals surface area (Å²) in [6.45, 7) is 12.6. The summed E-state index contributed by atoms with van der Waals surface area (Å²) in [5.74, 6) is 0.770. The van der Waals surface area contributed by atoms with Crippen LogP contribution in [0.1, 0.15) is 53.4 Å². The number of hydrogen-bond acceptors (Lipinski definition) is 2. The highest BCUT2D eigenvalue weighted by atomic mass is 15.1. The van der Waals surface area contributed by atoms with E-state index in [-0.39, 0.29) is 0 Å². The Morgan fingerprint density at radius 1 is 1.12 bits per heavy atom. The Kier molecular flexibility index (Phi) is 10.0. The van der Waals surface area contributed by atoms with Crippen molar-refractivity contribution in [3.63, 3.8) is 0 Å². The first-order valence-corrected chi connectivity index (χ1v) is 6.98. The third-order valence-electron chi connectivity index (χ3n) is 2.90. The average molecular weight is 228 g/mol. The molecule has 1 N–H and O–H groups in total. The van der Waals surface area contributed by atoms with Crippen LogP contribution in [0.15, 0.2) is 0 Å². The smallest absolute Gasteiger partial charge is 0.0104 e. The van der Waals surface area contributed by atoms with Gasteiger partial charge in [-0.05, 0) is 26.3 Å². The molecule has 0 rings (SSSR count). The highest BCUT2D eigenvalue weighted by Gasteiger charge is 2.03. The van der Waals surface area contributed by atoms with E-state index in [4.69, 9.17) is 0 Å². The van der Waals surface area contributed by atoms with Crippen molar-refractivity contribution in [2.75, 3.05) is 26.7 Å². The van der Waals surface area contributed by atoms with Crippen LogP contribution in [0.5, 0.6) is 0 Å². The molecule has 0 radical (unpaired) electrons. The molecule has 0 amide bonds. The van der Waals surface area contributed by atoms with Crippen LogP contribution in [-0.2, 0) is 0 Å². The van der Waals surface area contributed by atoms with Crippen molar-refractivity contribution < 1.29 is 0 Å². The molecule has 1 unspecified atom stereocenters. The maximum atomic E-state index is 3.60. The van der Waals surface area contributed by atoms with Gasteiger partial charge in [0.2, 0.25) is 0 Å². The van der Waals surface area contributed by atoms with Gasteiger partial charge in [-0.15, -0.1) is 0 Å². The summed E-state index contributed by atoms with van der Waals surface area (Å²) in [6.07, 6.45) is 5.39. The first-order valence-electron chi connectivity index (χ1n) is 6.98. The van der Waals surface area contributed by atoms with E-state index >= 15 is 0 Å². The number of likely N-dealkylation sites (N-methyl/N-ethyl adjacent to an activating group) is 1. The van der Waals surface area contributed by atoms with Gasteiger partial charge in [0.25, 0.3) is 0 Å². The third-order valence-corrected chi connectivity index (χ3v) is 2.90. The Morgan fingerprint density at radius 3 is 2.38 bits per heavy atom. The monoisotopic (exact) mass is 228 g/mol. The molecule has 2 heteroatoms. The molecule has 0 aliphatic rings. The van der Waals surface area contributed by atoms with Gasteiger partial charge >= 0.3 is 0 Å². The van der Waals surface area contributed by atoms with Crippen LogP contribution in [0.2, 0.25) is 0 Å². The largest absolute Gasteiger partial charge is 0.313 e. The van der Waals surface area contributed by atoms with Crippen LogP contribution in [-0.4, -0.2) is 37.6 Å². The average Bonchev–Trinajstić information content (AvgIpc) is 2.17. The molecule has 0 bridgehead atoms. The van der Waals surface area contributed by atoms with Crippen LogP contribution in [0.3, 0.4) is 0 Å². The topological polar surface area (TPSA) is 15.3 Å². The molecule has 1 atom stereocenters. The number of nitrogens with one attached hydrogen (secondary N) is 1. The van der Waals surface area contributed by atoms with Gasteiger partial charge in [-0.1, -0.05) is 40.0 Å². The second-order valence-electron chi connectivity index (χ2n) is 5.51. The van der Waals surface area contributed by atoms with Crippen LogP contribution in [0.25, 0.3) is 0 Å². The zero-order valence-corrected chi connectivity index (χ0v) is 12.1. The molecular weight excluding hydrogens is 196 g/mol. The van der Waals surface area contributed by atoms with Gasteiger partial charge in [0.1, 0.15) is 0 Å². The number of hydrogen-bond donors (Lipinski definition) is 1. The number of rotatable bonds is 10. The van der Waals surface area contributed by atoms with Gasteiger partial charge in [0, 0.05) is 25.7 Å². The molecule has 0 aromatic heterocycles. The molecule has 0 aliphatic carbocycles. The lowest BCUT2D eigenvalue weighted by atomic mass is 10.1. The minimum absolute atomic E-state index is 0.680. The highest BCUT2D eigenvalue weighted by molar-refractivity contribution is 4.63. The first kappa shape index (κ1) is 15.9. The first-order chi connectivity index (χ1) is 7.56. The van der Waals surface area contributed by atoms with E-state index in [1.165, 1.54) is 32.2 Å². The van der Waals surface area contributed by atoms with Crippen LogP contribution < -0.4 is 5.32 Å². The fraction of sp³-hybridized carbons (Fsp3) is 1.00. The lowest BCUT2D eigenvalue weighted by Gasteiger charge is -2.20. The normalized spacial score (nSPS) is 13.7. The predicted molar refractivity (Wildman–Crippen MR) is 73.9 cm³/mol. The molecule has 2 nitrogen and oxygen atoms in total. The molecule has 0 heterocycles. The van der Waals surface area contributed by atoms with Crippen molar-refractivity contribution >= 4 is 0 Å². The molecule has 0 aromatic rings. The van der Waals surface area contributed by atoms with Crippen LogP contribution in [0, 0.1) is 5.92 Å². The Bertz CT molecular complexity index is 146. The van der Waals surface area contributed by atoms with E-state index in [0.717, 1.165) is 19.0 Å². The highest BCUT2D eigenvalue weighted by Crippen LogP contribution is 2.02. The Hall–Kier alpha value is -0.0800. The molecule has 0 saturated carbocycles. The predicted octanol–water partition coefficient (Wildman–Crippen LogP) is 3.13. The maximum Gasteiger partial charge on any atom is 0.0104 e. The zero-order valence-electron chi connectivity index (χ0n) is 12.1. The third kappa shape index (κ3) is 10.4. The Morgan fingerprint density at radius 2 is 1.81 bits per heavy atom. The van der Waals surface area contributed by atoms with E-state index in [2.05, 4.69) is 45.0 Å². The van der Waals surface area contributed by atoms with E-state index in [1.807, 2.05) is 0 Å². The van der Waals surface area contributed by atoms with Gasteiger partial charge < -0.3 is 10.2 Å². The minimum atomic E-state index is 0.680. The van der Waals surface area contributed by atoms with E-state index in [9.17, 15) is 0 Å². The minimum Gasteiger partial charge on any atom is -0.313 e. The SMILES string of the molecule is CCCCCC(C)NCCN(C)CC(C)C. The molecule has 0 fully saturated rings. The van der Waals surface area contributed by atoms with Crippen molar-refractivity contribution in [1.82, 2.24) is 10.2 Å². The summed E-state index contributed by atoms with van der Waals surface area (Å²) in [6, 6.07) is 0.680. The molecule has 16 heavy (non-hydrogen) atoms. The number of nitrogens with zero attached hydrogens (tertiary/aromatic N) is 1. The second-order valence-corrected chi connectivity index (χ2v) is 5.51. The molecule has 0 aliphatic heterocycles. The summed E-state index contributed by atoms with van der Waals surface area (Å²) in [5, 5.41) is 3.60.